The lowest BCUT2D eigenvalue weighted by Gasteiger charge is -2.10. The Balaban J connectivity index is 0.00000225. The normalized spacial score (nSPS) is 13.5. The van der Waals surface area contributed by atoms with Crippen LogP contribution < -0.4 is 25.3 Å². The van der Waals surface area contributed by atoms with E-state index < -0.39 is 0 Å². The topological polar surface area (TPSA) is 91.2 Å². The van der Waals surface area contributed by atoms with Gasteiger partial charge in [-0.05, 0) is 24.3 Å². The van der Waals surface area contributed by atoms with Crippen LogP contribution >= 0.6 is 24.0 Å². The summed E-state index contributed by atoms with van der Waals surface area (Å²) in [5.74, 6) is 3.01. The molecule has 0 atom stereocenters. The molecule has 148 valence electrons. The number of hydrogen-bond donors (Lipinski definition) is 2. The van der Waals surface area contributed by atoms with Crippen molar-refractivity contribution in [1.82, 2.24) is 0 Å². The molecule has 0 saturated heterocycles. The Bertz CT molecular complexity index is 987. The van der Waals surface area contributed by atoms with Crippen LogP contribution in [-0.2, 0) is 6.54 Å². The molecule has 1 aromatic heterocycles. The van der Waals surface area contributed by atoms with Gasteiger partial charge in [-0.15, -0.1) is 24.0 Å². The highest BCUT2D eigenvalue weighted by atomic mass is 127. The molecule has 2 heterocycles. The maximum atomic E-state index is 6.03. The van der Waals surface area contributed by atoms with E-state index in [1.165, 1.54) is 0 Å². The summed E-state index contributed by atoms with van der Waals surface area (Å²) in [5, 5.41) is 3.98. The lowest BCUT2D eigenvalue weighted by Crippen LogP contribution is -2.22. The van der Waals surface area contributed by atoms with Crippen LogP contribution in [0.25, 0.3) is 11.0 Å². The molecule has 1 aliphatic rings. The van der Waals surface area contributed by atoms with Crippen molar-refractivity contribution >= 4 is 46.6 Å². The summed E-state index contributed by atoms with van der Waals surface area (Å²) in [5.41, 5.74) is 7.56. The molecule has 28 heavy (non-hydrogen) atoms. The van der Waals surface area contributed by atoms with Gasteiger partial charge in [0, 0.05) is 18.2 Å². The number of nitrogens with one attached hydrogen (secondary N) is 1. The average molecular weight is 495 g/mol. The second-order valence-corrected chi connectivity index (χ2v) is 6.09. The monoisotopic (exact) mass is 495 g/mol. The Hall–Kier alpha value is -2.62. The van der Waals surface area contributed by atoms with E-state index in [1.54, 1.807) is 7.11 Å². The summed E-state index contributed by atoms with van der Waals surface area (Å²) in [7, 11) is 1.61. The first-order valence-electron chi connectivity index (χ1n) is 8.75. The summed E-state index contributed by atoms with van der Waals surface area (Å²) >= 11 is 0. The minimum atomic E-state index is 0. The van der Waals surface area contributed by atoms with Gasteiger partial charge in [0.2, 0.25) is 0 Å². The maximum Gasteiger partial charge on any atom is 0.193 e. The van der Waals surface area contributed by atoms with E-state index in [9.17, 15) is 0 Å². The van der Waals surface area contributed by atoms with Crippen molar-refractivity contribution in [2.75, 3.05) is 25.6 Å². The number of methoxy groups -OCH3 is 1. The number of halogens is 1. The third kappa shape index (κ3) is 4.27. The smallest absolute Gasteiger partial charge is 0.193 e. The summed E-state index contributed by atoms with van der Waals surface area (Å²) in [4.78, 5) is 4.36. The fourth-order valence-electron chi connectivity index (χ4n) is 2.99. The fourth-order valence-corrected chi connectivity index (χ4v) is 2.99. The van der Waals surface area contributed by atoms with Crippen molar-refractivity contribution < 1.29 is 18.6 Å². The molecule has 3 aromatic rings. The van der Waals surface area contributed by atoms with Gasteiger partial charge in [0.1, 0.15) is 12.1 Å². The van der Waals surface area contributed by atoms with E-state index in [2.05, 4.69) is 10.3 Å². The number of aliphatic imine (C=N–C) groups is 1. The Morgan fingerprint density at radius 3 is 2.75 bits per heavy atom. The third-order valence-corrected chi connectivity index (χ3v) is 4.24. The van der Waals surface area contributed by atoms with Crippen LogP contribution in [0.4, 0.5) is 5.69 Å². The number of para-hydroxylation sites is 1. The number of ether oxygens (including phenoxy) is 3. The number of nitrogens with zero attached hydrogens (tertiary/aromatic N) is 1. The zero-order valence-corrected chi connectivity index (χ0v) is 17.8. The quantitative estimate of drug-likeness (QED) is 0.321. The van der Waals surface area contributed by atoms with Gasteiger partial charge < -0.3 is 29.7 Å². The summed E-state index contributed by atoms with van der Waals surface area (Å²) in [6.45, 7) is 1.55. The Kier molecular flexibility index (Phi) is 6.50. The van der Waals surface area contributed by atoms with Crippen molar-refractivity contribution in [2.24, 2.45) is 10.7 Å². The third-order valence-electron chi connectivity index (χ3n) is 4.24. The molecule has 7 nitrogen and oxygen atoms in total. The Morgan fingerprint density at radius 1 is 1.14 bits per heavy atom. The Labute approximate surface area is 179 Å². The van der Waals surface area contributed by atoms with Gasteiger partial charge >= 0.3 is 0 Å². The molecule has 0 fully saturated rings. The van der Waals surface area contributed by atoms with Crippen molar-refractivity contribution in [3.63, 3.8) is 0 Å². The molecule has 1 aliphatic heterocycles. The molecule has 3 N–H and O–H groups in total. The Morgan fingerprint density at radius 2 is 1.93 bits per heavy atom. The number of guanidine groups is 1. The van der Waals surface area contributed by atoms with Gasteiger partial charge in [-0.2, -0.15) is 0 Å². The first-order valence-corrected chi connectivity index (χ1v) is 8.75. The zero-order valence-electron chi connectivity index (χ0n) is 15.4. The highest BCUT2D eigenvalue weighted by Crippen LogP contribution is 2.34. The number of rotatable bonds is 4. The number of anilines is 1. The molecular formula is C20H22IN3O4. The zero-order chi connectivity index (χ0) is 18.6. The van der Waals surface area contributed by atoms with Crippen molar-refractivity contribution in [3.05, 3.63) is 48.2 Å². The predicted molar refractivity (Wildman–Crippen MR) is 119 cm³/mol. The van der Waals surface area contributed by atoms with Gasteiger partial charge in [0.25, 0.3) is 0 Å². The SMILES string of the molecule is COc1c(CN=C(N)Nc2ccc3c(c2)OCCCO3)oc2ccccc12.I. The maximum absolute atomic E-state index is 6.03. The van der Waals surface area contributed by atoms with Crippen LogP contribution in [0.5, 0.6) is 17.2 Å². The predicted octanol–water partition coefficient (Wildman–Crippen LogP) is 4.15. The molecule has 0 saturated carbocycles. The number of fused-ring (bicyclic) bond motifs is 2. The summed E-state index contributed by atoms with van der Waals surface area (Å²) in [6, 6.07) is 13.3. The van der Waals surface area contributed by atoms with Gasteiger partial charge in [0.15, 0.2) is 29.0 Å². The van der Waals surface area contributed by atoms with E-state index in [-0.39, 0.29) is 36.5 Å². The molecule has 0 amide bonds. The molecular weight excluding hydrogens is 473 g/mol. The lowest BCUT2D eigenvalue weighted by molar-refractivity contribution is 0.297. The van der Waals surface area contributed by atoms with Crippen LogP contribution in [0, 0.1) is 0 Å². The molecule has 4 rings (SSSR count). The summed E-state index contributed by atoms with van der Waals surface area (Å²) < 4.78 is 22.6. The van der Waals surface area contributed by atoms with Crippen LogP contribution in [0.2, 0.25) is 0 Å². The van der Waals surface area contributed by atoms with Crippen LogP contribution in [0.1, 0.15) is 12.2 Å². The molecule has 0 bridgehead atoms. The van der Waals surface area contributed by atoms with E-state index in [1.807, 2.05) is 42.5 Å². The molecule has 0 unspecified atom stereocenters. The molecule has 0 spiro atoms. The van der Waals surface area contributed by atoms with E-state index >= 15 is 0 Å². The molecule has 0 radical (unpaired) electrons. The first kappa shape index (κ1) is 20.1. The highest BCUT2D eigenvalue weighted by molar-refractivity contribution is 14.0. The van der Waals surface area contributed by atoms with Crippen molar-refractivity contribution in [1.29, 1.82) is 0 Å². The van der Waals surface area contributed by atoms with Gasteiger partial charge in [-0.3, -0.25) is 0 Å². The minimum Gasteiger partial charge on any atom is -0.492 e. The van der Waals surface area contributed by atoms with Crippen molar-refractivity contribution in [3.8, 4) is 17.2 Å². The lowest BCUT2D eigenvalue weighted by atomic mass is 10.2. The van der Waals surface area contributed by atoms with Gasteiger partial charge in [0.05, 0.1) is 25.7 Å². The van der Waals surface area contributed by atoms with Gasteiger partial charge in [-0.1, -0.05) is 12.1 Å². The minimum absolute atomic E-state index is 0. The van der Waals surface area contributed by atoms with E-state index in [4.69, 9.17) is 24.4 Å². The average Bonchev–Trinajstić information content (AvgIpc) is 2.87. The second kappa shape index (κ2) is 9.05. The fraction of sp³-hybridized carbons (Fsp3) is 0.250. The van der Waals surface area contributed by atoms with E-state index in [0.29, 0.717) is 30.5 Å². The first-order chi connectivity index (χ1) is 13.2. The second-order valence-electron chi connectivity index (χ2n) is 6.09. The number of nitrogens with two attached hydrogens (primary N) is 1. The molecule has 8 heteroatoms. The van der Waals surface area contributed by atoms with Gasteiger partial charge in [-0.25, -0.2) is 4.99 Å². The van der Waals surface area contributed by atoms with Crippen LogP contribution in [0.15, 0.2) is 51.9 Å². The standard InChI is InChI=1S/C20H21N3O4.HI/c1-24-19-14-5-2-3-6-15(14)27-18(19)12-22-20(21)23-13-7-8-16-17(11-13)26-10-4-9-25-16;/h2-3,5-8,11H,4,9-10,12H2,1H3,(H3,21,22,23);1H. The van der Waals surface area contributed by atoms with Crippen LogP contribution in [-0.4, -0.2) is 26.3 Å². The molecule has 0 aliphatic carbocycles. The summed E-state index contributed by atoms with van der Waals surface area (Å²) in [6.07, 6.45) is 0.861. The molecule has 2 aromatic carbocycles. The van der Waals surface area contributed by atoms with Crippen molar-refractivity contribution in [2.45, 2.75) is 13.0 Å². The number of furan rings is 1. The number of benzene rings is 2. The van der Waals surface area contributed by atoms with E-state index in [0.717, 1.165) is 28.8 Å². The van der Waals surface area contributed by atoms with Crippen LogP contribution in [0.3, 0.4) is 0 Å². The highest BCUT2D eigenvalue weighted by Gasteiger charge is 2.14. The number of hydrogen-bond acceptors (Lipinski definition) is 5. The largest absolute Gasteiger partial charge is 0.492 e.